The van der Waals surface area contributed by atoms with Crippen molar-refractivity contribution in [3.8, 4) is 0 Å². The van der Waals surface area contributed by atoms with E-state index in [4.69, 9.17) is 0 Å². The summed E-state index contributed by atoms with van der Waals surface area (Å²) < 4.78 is 0. The maximum atomic E-state index is 3.43. The molecular formula is C12H16N2S. The summed E-state index contributed by atoms with van der Waals surface area (Å²) in [4.78, 5) is 4.54. The first kappa shape index (κ1) is 10.5. The van der Waals surface area contributed by atoms with Crippen molar-refractivity contribution in [3.05, 3.63) is 46.4 Å². The molecule has 0 saturated carbocycles. The predicted molar refractivity (Wildman–Crippen MR) is 65.1 cm³/mol. The summed E-state index contributed by atoms with van der Waals surface area (Å²) in [6.45, 7) is 2.05. The minimum atomic E-state index is 0.966. The number of aromatic nitrogens is 1. The Hall–Kier alpha value is -1.06. The normalized spacial score (nSPS) is 10.7. The van der Waals surface area contributed by atoms with Crippen molar-refractivity contribution in [1.82, 2.24) is 10.3 Å². The van der Waals surface area contributed by atoms with Gasteiger partial charge in [0.1, 0.15) is 0 Å². The second-order valence-corrected chi connectivity index (χ2v) is 4.61. The maximum absolute atomic E-state index is 3.43. The van der Waals surface area contributed by atoms with Crippen LogP contribution in [0, 0.1) is 0 Å². The van der Waals surface area contributed by atoms with Crippen molar-refractivity contribution in [2.45, 2.75) is 19.4 Å². The summed E-state index contributed by atoms with van der Waals surface area (Å²) in [5, 5.41) is 5.58. The van der Waals surface area contributed by atoms with E-state index in [9.17, 15) is 0 Å². The van der Waals surface area contributed by atoms with Gasteiger partial charge >= 0.3 is 0 Å². The maximum Gasteiger partial charge on any atom is 0.0220 e. The molecular weight excluding hydrogens is 204 g/mol. The topological polar surface area (TPSA) is 27.8 Å². The van der Waals surface area contributed by atoms with E-state index in [1.165, 1.54) is 23.3 Å². The lowest BCUT2D eigenvalue weighted by Crippen LogP contribution is -2.14. The van der Waals surface area contributed by atoms with Crippen LogP contribution in [0.1, 0.15) is 16.9 Å². The van der Waals surface area contributed by atoms with Gasteiger partial charge in [-0.2, -0.15) is 0 Å². The molecule has 0 fully saturated rings. The molecule has 2 nitrogen and oxygen atoms in total. The van der Waals surface area contributed by atoms with Crippen molar-refractivity contribution in [2.75, 3.05) is 6.54 Å². The van der Waals surface area contributed by atoms with E-state index in [2.05, 4.69) is 33.9 Å². The van der Waals surface area contributed by atoms with Gasteiger partial charge in [0.25, 0.3) is 0 Å². The predicted octanol–water partition coefficient (Wildman–Crippen LogP) is 2.80. The first-order valence-electron chi connectivity index (χ1n) is 5.30. The molecule has 0 bridgehead atoms. The van der Waals surface area contributed by atoms with Gasteiger partial charge in [0.15, 0.2) is 0 Å². The van der Waals surface area contributed by atoms with Gasteiger partial charge in [-0.3, -0.25) is 0 Å². The fourth-order valence-corrected chi connectivity index (χ4v) is 2.29. The second kappa shape index (κ2) is 5.73. The van der Waals surface area contributed by atoms with Crippen LogP contribution in [0.2, 0.25) is 0 Å². The monoisotopic (exact) mass is 220 g/mol. The fraction of sp³-hybridized carbons (Fsp3) is 0.333. The third kappa shape index (κ3) is 3.53. The molecule has 3 heteroatoms. The molecule has 0 atom stereocenters. The first-order chi connectivity index (χ1) is 7.45. The fourth-order valence-electron chi connectivity index (χ4n) is 1.54. The van der Waals surface area contributed by atoms with Crippen molar-refractivity contribution in [3.63, 3.8) is 0 Å². The Labute approximate surface area is 94.3 Å². The van der Waals surface area contributed by atoms with Crippen LogP contribution in [-0.2, 0) is 13.0 Å². The lowest BCUT2D eigenvalue weighted by molar-refractivity contribution is 0.652. The Balaban J connectivity index is 1.56. The lowest BCUT2D eigenvalue weighted by Gasteiger charge is -2.01. The molecule has 0 radical (unpaired) electrons. The third-order valence-electron chi connectivity index (χ3n) is 2.35. The van der Waals surface area contributed by atoms with Gasteiger partial charge in [-0.05, 0) is 42.5 Å². The number of thiophene rings is 1. The summed E-state index contributed by atoms with van der Waals surface area (Å²) in [5.41, 5.74) is 1.33. The Morgan fingerprint density at radius 2 is 2.33 bits per heavy atom. The lowest BCUT2D eigenvalue weighted by atomic mass is 10.2. The van der Waals surface area contributed by atoms with Crippen LogP contribution < -0.4 is 5.32 Å². The molecule has 0 aliphatic carbocycles. The molecule has 80 valence electrons. The molecule has 2 heterocycles. The first-order valence-corrected chi connectivity index (χ1v) is 6.18. The summed E-state index contributed by atoms with van der Waals surface area (Å²) in [5.74, 6) is 0. The SMILES string of the molecule is c1csc(CCCNCc2cc[nH]c2)c1. The highest BCUT2D eigenvalue weighted by Gasteiger charge is 1.94. The van der Waals surface area contributed by atoms with Crippen molar-refractivity contribution in [2.24, 2.45) is 0 Å². The highest BCUT2D eigenvalue weighted by atomic mass is 32.1. The quantitative estimate of drug-likeness (QED) is 0.720. The van der Waals surface area contributed by atoms with E-state index in [1.54, 1.807) is 0 Å². The summed E-state index contributed by atoms with van der Waals surface area (Å²) in [6, 6.07) is 6.43. The molecule has 2 aromatic rings. The van der Waals surface area contributed by atoms with Crippen molar-refractivity contribution < 1.29 is 0 Å². The van der Waals surface area contributed by atoms with Crippen LogP contribution in [-0.4, -0.2) is 11.5 Å². The third-order valence-corrected chi connectivity index (χ3v) is 3.28. The van der Waals surface area contributed by atoms with E-state index in [-0.39, 0.29) is 0 Å². The Morgan fingerprint density at radius 3 is 3.07 bits per heavy atom. The minimum Gasteiger partial charge on any atom is -0.367 e. The molecule has 2 rings (SSSR count). The molecule has 0 aromatic carbocycles. The molecule has 0 aliphatic rings. The standard InChI is InChI=1S/C12H16N2S/c1(3-12-4-2-8-15-12)6-13-9-11-5-7-14-10-11/h2,4-5,7-8,10,13-14H,1,3,6,9H2. The van der Waals surface area contributed by atoms with Gasteiger partial charge in [-0.15, -0.1) is 11.3 Å². The average Bonchev–Trinajstić information content (AvgIpc) is 2.88. The van der Waals surface area contributed by atoms with Gasteiger partial charge in [0.2, 0.25) is 0 Å². The molecule has 0 aliphatic heterocycles. The van der Waals surface area contributed by atoms with Gasteiger partial charge in [-0.1, -0.05) is 6.07 Å². The van der Waals surface area contributed by atoms with Gasteiger partial charge in [-0.25, -0.2) is 0 Å². The zero-order chi connectivity index (χ0) is 10.3. The smallest absolute Gasteiger partial charge is 0.0220 e. The van der Waals surface area contributed by atoms with E-state index in [1.807, 2.05) is 23.7 Å². The van der Waals surface area contributed by atoms with Gasteiger partial charge in [0.05, 0.1) is 0 Å². The Bertz CT molecular complexity index is 315. The van der Waals surface area contributed by atoms with Crippen LogP contribution in [0.25, 0.3) is 0 Å². The van der Waals surface area contributed by atoms with Gasteiger partial charge in [0, 0.05) is 23.8 Å². The highest BCUT2D eigenvalue weighted by Crippen LogP contribution is 2.10. The van der Waals surface area contributed by atoms with E-state index < -0.39 is 0 Å². The number of H-pyrrole nitrogens is 1. The highest BCUT2D eigenvalue weighted by molar-refractivity contribution is 7.09. The second-order valence-electron chi connectivity index (χ2n) is 3.58. The molecule has 0 amide bonds. The zero-order valence-electron chi connectivity index (χ0n) is 8.70. The Morgan fingerprint density at radius 1 is 1.33 bits per heavy atom. The van der Waals surface area contributed by atoms with E-state index in [0.717, 1.165) is 13.1 Å². The molecule has 0 unspecified atom stereocenters. The minimum absolute atomic E-state index is 0.966. The molecule has 2 N–H and O–H groups in total. The molecule has 15 heavy (non-hydrogen) atoms. The van der Waals surface area contributed by atoms with Crippen LogP contribution in [0.3, 0.4) is 0 Å². The van der Waals surface area contributed by atoms with Crippen LogP contribution in [0.4, 0.5) is 0 Å². The number of hydrogen-bond acceptors (Lipinski definition) is 2. The molecule has 0 saturated heterocycles. The van der Waals surface area contributed by atoms with Gasteiger partial charge < -0.3 is 10.3 Å². The number of hydrogen-bond donors (Lipinski definition) is 2. The summed E-state index contributed by atoms with van der Waals surface area (Å²) in [6.07, 6.45) is 6.40. The number of aryl methyl sites for hydroxylation is 1. The largest absolute Gasteiger partial charge is 0.367 e. The van der Waals surface area contributed by atoms with E-state index >= 15 is 0 Å². The summed E-state index contributed by atoms with van der Waals surface area (Å²) in [7, 11) is 0. The number of aromatic amines is 1. The average molecular weight is 220 g/mol. The van der Waals surface area contributed by atoms with Crippen molar-refractivity contribution >= 4 is 11.3 Å². The van der Waals surface area contributed by atoms with Crippen molar-refractivity contribution in [1.29, 1.82) is 0 Å². The van der Waals surface area contributed by atoms with Crippen LogP contribution in [0.15, 0.2) is 36.0 Å². The summed E-state index contributed by atoms with van der Waals surface area (Å²) >= 11 is 1.85. The van der Waals surface area contributed by atoms with Crippen LogP contribution in [0.5, 0.6) is 0 Å². The molecule has 0 spiro atoms. The number of rotatable bonds is 6. The zero-order valence-corrected chi connectivity index (χ0v) is 9.52. The number of nitrogens with one attached hydrogen (secondary N) is 2. The Kier molecular flexibility index (Phi) is 4.00. The van der Waals surface area contributed by atoms with E-state index in [0.29, 0.717) is 0 Å². The van der Waals surface area contributed by atoms with Crippen LogP contribution >= 0.6 is 11.3 Å². The molecule has 2 aromatic heterocycles.